The van der Waals surface area contributed by atoms with E-state index in [-0.39, 0.29) is 36.6 Å². The maximum atomic E-state index is 13.2. The van der Waals surface area contributed by atoms with Crippen LogP contribution >= 0.6 is 11.3 Å². The number of phenolic OH excluding ortho intramolecular Hbond substituents is 1. The fourth-order valence-corrected chi connectivity index (χ4v) is 9.02. The van der Waals surface area contributed by atoms with E-state index >= 15 is 0 Å². The third-order valence-electron chi connectivity index (χ3n) is 11.1. The van der Waals surface area contributed by atoms with Crippen LogP contribution in [-0.4, -0.2) is 95.1 Å². The van der Waals surface area contributed by atoms with Gasteiger partial charge in [-0.25, -0.2) is 0 Å². The van der Waals surface area contributed by atoms with Crippen molar-refractivity contribution in [1.29, 1.82) is 0 Å². The van der Waals surface area contributed by atoms with Crippen LogP contribution in [0.3, 0.4) is 0 Å². The zero-order valence-corrected chi connectivity index (χ0v) is 32.3. The van der Waals surface area contributed by atoms with Crippen LogP contribution in [0.25, 0.3) is 20.5 Å². The van der Waals surface area contributed by atoms with Gasteiger partial charge in [-0.3, -0.25) is 29.0 Å². The quantitative estimate of drug-likeness (QED) is 0.0731. The molecule has 5 aromatic rings. The predicted octanol–water partition coefficient (Wildman–Crippen LogP) is 7.68. The minimum Gasteiger partial charge on any atom is -0.508 e. The Balaban J connectivity index is 0.758. The number of aromatic hydroxyl groups is 1. The van der Waals surface area contributed by atoms with Crippen molar-refractivity contribution in [3.05, 3.63) is 107 Å². The average Bonchev–Trinajstić information content (AvgIpc) is 3.67. The van der Waals surface area contributed by atoms with Crippen LogP contribution in [-0.2, 0) is 16.0 Å². The molecule has 0 bridgehead atoms. The summed E-state index contributed by atoms with van der Waals surface area (Å²) < 4.78 is 13.6. The molecule has 1 atom stereocenters. The standard InChI is InChI=1S/C45H45N3O7S/c1-29-5-8-31(9-6-29)43-42(37-17-10-33(50)28-41(37)56-43)55-35-14-12-34(13-15-35)54-25-24-47-22-20-46(21-23-47)19-3-2-4-30-7-16-36-38(26-30)45(53)48(44(36)52)39-18-11-32(49)27-40(39)51/h5-10,12-17,26,28,39,50H,2-4,11,18-25,27H2,1H3. The highest BCUT2D eigenvalue weighted by Gasteiger charge is 2.44. The van der Waals surface area contributed by atoms with E-state index in [1.54, 1.807) is 35.6 Å². The van der Waals surface area contributed by atoms with Crippen LogP contribution in [0.5, 0.6) is 23.0 Å². The molecule has 1 saturated carbocycles. The van der Waals surface area contributed by atoms with Crippen LogP contribution in [0, 0.1) is 6.92 Å². The minimum atomic E-state index is -0.841. The molecule has 0 radical (unpaired) electrons. The molecule has 1 N–H and O–H groups in total. The number of aryl methyl sites for hydroxylation is 2. The van der Waals surface area contributed by atoms with Crippen molar-refractivity contribution in [2.24, 2.45) is 0 Å². The predicted molar refractivity (Wildman–Crippen MR) is 216 cm³/mol. The molecule has 11 heteroatoms. The number of carbonyl (C=O) groups is 4. The summed E-state index contributed by atoms with van der Waals surface area (Å²) in [5, 5.41) is 11.0. The van der Waals surface area contributed by atoms with Crippen LogP contribution in [0.1, 0.15) is 63.9 Å². The van der Waals surface area contributed by atoms with Gasteiger partial charge in [0.05, 0.1) is 28.5 Å². The lowest BCUT2D eigenvalue weighted by Crippen LogP contribution is -2.47. The van der Waals surface area contributed by atoms with Crippen LogP contribution < -0.4 is 9.47 Å². The van der Waals surface area contributed by atoms with E-state index in [0.29, 0.717) is 23.5 Å². The summed E-state index contributed by atoms with van der Waals surface area (Å²) in [6, 6.07) is 26.1. The Labute approximate surface area is 330 Å². The zero-order chi connectivity index (χ0) is 38.8. The molecule has 56 heavy (non-hydrogen) atoms. The van der Waals surface area contributed by atoms with Crippen molar-refractivity contribution < 1.29 is 33.8 Å². The number of benzene rings is 4. The molecule has 2 fully saturated rings. The number of Topliss-reactive ketones (excluding diaryl/α,β-unsaturated/α-hetero) is 2. The number of nitrogens with zero attached hydrogens (tertiary/aromatic N) is 3. The highest BCUT2D eigenvalue weighted by Crippen LogP contribution is 2.47. The Morgan fingerprint density at radius 2 is 1.48 bits per heavy atom. The lowest BCUT2D eigenvalue weighted by atomic mass is 9.92. The van der Waals surface area contributed by atoms with Crippen molar-refractivity contribution in [1.82, 2.24) is 14.7 Å². The largest absolute Gasteiger partial charge is 0.508 e. The van der Waals surface area contributed by atoms with Crippen molar-refractivity contribution in [2.45, 2.75) is 51.5 Å². The molecule has 288 valence electrons. The van der Waals surface area contributed by atoms with E-state index in [4.69, 9.17) is 9.47 Å². The number of fused-ring (bicyclic) bond motifs is 2. The summed E-state index contributed by atoms with van der Waals surface area (Å²) in [7, 11) is 0. The Bertz CT molecular complexity index is 2280. The van der Waals surface area contributed by atoms with Crippen molar-refractivity contribution in [3.63, 3.8) is 0 Å². The van der Waals surface area contributed by atoms with E-state index in [1.807, 2.05) is 36.4 Å². The molecule has 1 saturated heterocycles. The number of hydrogen-bond acceptors (Lipinski definition) is 10. The topological polar surface area (TPSA) is 117 Å². The number of imide groups is 1. The van der Waals surface area contributed by atoms with E-state index in [9.17, 15) is 24.3 Å². The number of hydrogen-bond donors (Lipinski definition) is 1. The number of ether oxygens (including phenoxy) is 2. The van der Waals surface area contributed by atoms with Gasteiger partial charge in [-0.15, -0.1) is 11.3 Å². The number of rotatable bonds is 13. The second kappa shape index (κ2) is 16.4. The van der Waals surface area contributed by atoms with Gasteiger partial charge in [0.1, 0.15) is 29.6 Å². The summed E-state index contributed by atoms with van der Waals surface area (Å²) >= 11 is 1.60. The summed E-state index contributed by atoms with van der Waals surface area (Å²) in [6.45, 7) is 8.51. The van der Waals surface area contributed by atoms with E-state index in [0.717, 1.165) is 101 Å². The van der Waals surface area contributed by atoms with Gasteiger partial charge >= 0.3 is 0 Å². The molecule has 4 aromatic carbocycles. The van der Waals surface area contributed by atoms with Gasteiger partial charge in [-0.1, -0.05) is 35.9 Å². The second-order valence-corrected chi connectivity index (χ2v) is 16.0. The summed E-state index contributed by atoms with van der Waals surface area (Å²) in [6.07, 6.45) is 3.02. The van der Waals surface area contributed by atoms with Gasteiger partial charge in [0, 0.05) is 49.2 Å². The number of ketones is 2. The third-order valence-corrected chi connectivity index (χ3v) is 12.2. The van der Waals surface area contributed by atoms with Crippen molar-refractivity contribution in [3.8, 4) is 33.4 Å². The molecule has 10 nitrogen and oxygen atoms in total. The van der Waals surface area contributed by atoms with Crippen molar-refractivity contribution in [2.75, 3.05) is 45.9 Å². The van der Waals surface area contributed by atoms with E-state index in [2.05, 4.69) is 41.0 Å². The number of piperazine rings is 1. The Hall–Kier alpha value is -5.36. The number of unbranched alkanes of at least 4 members (excludes halogenated alkanes) is 1. The molecule has 2 amide bonds. The molecule has 3 aliphatic rings. The van der Waals surface area contributed by atoms with E-state index < -0.39 is 17.9 Å². The number of amides is 2. The minimum absolute atomic E-state index is 0.135. The maximum Gasteiger partial charge on any atom is 0.262 e. The lowest BCUT2D eigenvalue weighted by molar-refractivity contribution is -0.132. The molecular formula is C45H45N3O7S. The molecule has 1 aromatic heterocycles. The first-order chi connectivity index (χ1) is 27.2. The molecule has 3 heterocycles. The molecule has 0 spiro atoms. The SMILES string of the molecule is Cc1ccc(-c2sc3cc(O)ccc3c2Oc2ccc(OCCN3CCN(CCCCc4ccc5c(c4)C(=O)N(C4CCC(=O)CC4=O)C5=O)CC3)cc2)cc1. The lowest BCUT2D eigenvalue weighted by Gasteiger charge is -2.34. The Morgan fingerprint density at radius 1 is 0.768 bits per heavy atom. The fourth-order valence-electron chi connectivity index (χ4n) is 7.85. The zero-order valence-electron chi connectivity index (χ0n) is 31.5. The summed E-state index contributed by atoms with van der Waals surface area (Å²) in [5.41, 5.74) is 3.98. The number of carbonyl (C=O) groups excluding carboxylic acids is 4. The monoisotopic (exact) mass is 771 g/mol. The van der Waals surface area contributed by atoms with Gasteiger partial charge in [0.15, 0.2) is 11.5 Å². The normalized spacial score (nSPS) is 17.9. The fraction of sp³-hybridized carbons (Fsp3) is 0.333. The van der Waals surface area contributed by atoms with Crippen LogP contribution in [0.2, 0.25) is 0 Å². The molecule has 2 aliphatic heterocycles. The smallest absolute Gasteiger partial charge is 0.262 e. The summed E-state index contributed by atoms with van der Waals surface area (Å²) in [5.74, 6) is 1.18. The third kappa shape index (κ3) is 8.11. The first kappa shape index (κ1) is 37.6. The first-order valence-electron chi connectivity index (χ1n) is 19.4. The van der Waals surface area contributed by atoms with Crippen LogP contribution in [0.15, 0.2) is 84.9 Å². The maximum absolute atomic E-state index is 13.2. The van der Waals surface area contributed by atoms with Gasteiger partial charge in [0.2, 0.25) is 0 Å². The van der Waals surface area contributed by atoms with Gasteiger partial charge in [-0.05, 0) is 105 Å². The first-order valence-corrected chi connectivity index (χ1v) is 20.2. The molecule has 1 unspecified atom stereocenters. The van der Waals surface area contributed by atoms with Gasteiger partial charge in [-0.2, -0.15) is 0 Å². The van der Waals surface area contributed by atoms with Crippen molar-refractivity contribution >= 4 is 44.8 Å². The Kier molecular flexibility index (Phi) is 11.0. The van der Waals surface area contributed by atoms with E-state index in [1.165, 1.54) is 5.56 Å². The van der Waals surface area contributed by atoms with Gasteiger partial charge < -0.3 is 19.5 Å². The molecule has 8 rings (SSSR count). The molecular weight excluding hydrogens is 727 g/mol. The average molecular weight is 772 g/mol. The second-order valence-electron chi connectivity index (χ2n) is 15.0. The Morgan fingerprint density at radius 3 is 2.23 bits per heavy atom. The summed E-state index contributed by atoms with van der Waals surface area (Å²) in [4.78, 5) is 57.3. The highest BCUT2D eigenvalue weighted by atomic mass is 32.1. The number of phenols is 1. The number of thiophene rings is 1. The van der Waals surface area contributed by atoms with Gasteiger partial charge in [0.25, 0.3) is 11.8 Å². The highest BCUT2D eigenvalue weighted by molar-refractivity contribution is 7.22. The van der Waals surface area contributed by atoms with Crippen LogP contribution in [0.4, 0.5) is 0 Å². The molecule has 1 aliphatic carbocycles.